The van der Waals surface area contributed by atoms with E-state index in [0.29, 0.717) is 26.3 Å². The van der Waals surface area contributed by atoms with Crippen LogP contribution in [0.5, 0.6) is 0 Å². The predicted molar refractivity (Wildman–Crippen MR) is 90.3 cm³/mol. The molecule has 1 heterocycles. The third-order valence-electron chi connectivity index (χ3n) is 3.53. The highest BCUT2D eigenvalue weighted by atomic mass is 16.5. The topological polar surface area (TPSA) is 70.2 Å². The number of rotatable bonds is 8. The molecule has 0 spiro atoms. The molecule has 0 aliphatic heterocycles. The molecule has 2 N–H and O–H groups in total. The van der Waals surface area contributed by atoms with Gasteiger partial charge in [-0.2, -0.15) is 5.10 Å². The second kappa shape index (κ2) is 8.45. The molecule has 1 aromatic carbocycles. The molecule has 0 fully saturated rings. The second-order valence-electron chi connectivity index (χ2n) is 5.63. The van der Waals surface area contributed by atoms with Gasteiger partial charge in [-0.15, -0.1) is 0 Å². The minimum absolute atomic E-state index is 0.0526. The van der Waals surface area contributed by atoms with E-state index in [4.69, 9.17) is 4.74 Å². The van der Waals surface area contributed by atoms with Gasteiger partial charge >= 0.3 is 0 Å². The fraction of sp³-hybridized carbons (Fsp3) is 0.412. The Hall–Kier alpha value is -2.18. The Bertz CT molecular complexity index is 605. The number of carbonyl (C=O) groups excluding carboxylic acids is 1. The van der Waals surface area contributed by atoms with Gasteiger partial charge in [-0.3, -0.25) is 14.8 Å². The Labute approximate surface area is 136 Å². The molecule has 6 heteroatoms. The average Bonchev–Trinajstić information content (AvgIpc) is 2.84. The molecular weight excluding hydrogens is 292 g/mol. The van der Waals surface area contributed by atoms with E-state index >= 15 is 0 Å². The quantitative estimate of drug-likeness (QED) is 0.732. The summed E-state index contributed by atoms with van der Waals surface area (Å²) in [7, 11) is 1.90. The maximum absolute atomic E-state index is 12.0. The summed E-state index contributed by atoms with van der Waals surface area (Å²) in [5.74, 6) is -0.0526. The lowest BCUT2D eigenvalue weighted by atomic mass is 10.2. The van der Waals surface area contributed by atoms with E-state index in [-0.39, 0.29) is 5.91 Å². The first-order valence-electron chi connectivity index (χ1n) is 7.68. The zero-order chi connectivity index (χ0) is 16.7. The summed E-state index contributed by atoms with van der Waals surface area (Å²) in [4.78, 5) is 14.0. The molecule has 0 saturated carbocycles. The zero-order valence-corrected chi connectivity index (χ0v) is 13.9. The molecule has 0 bridgehead atoms. The van der Waals surface area contributed by atoms with Crippen LogP contribution in [0.1, 0.15) is 17.0 Å². The van der Waals surface area contributed by atoms with Gasteiger partial charge in [0.05, 0.1) is 36.8 Å². The number of benzene rings is 1. The Morgan fingerprint density at radius 3 is 2.70 bits per heavy atom. The average molecular weight is 316 g/mol. The van der Waals surface area contributed by atoms with E-state index < -0.39 is 0 Å². The van der Waals surface area contributed by atoms with Gasteiger partial charge in [-0.05, 0) is 26.5 Å². The summed E-state index contributed by atoms with van der Waals surface area (Å²) in [5.41, 5.74) is 3.58. The number of ether oxygens (including phenoxy) is 1. The van der Waals surface area contributed by atoms with Crippen molar-refractivity contribution < 1.29 is 9.53 Å². The van der Waals surface area contributed by atoms with Gasteiger partial charge in [0.25, 0.3) is 0 Å². The van der Waals surface area contributed by atoms with Gasteiger partial charge in [0.1, 0.15) is 0 Å². The fourth-order valence-corrected chi connectivity index (χ4v) is 2.22. The van der Waals surface area contributed by atoms with Crippen LogP contribution in [0.3, 0.4) is 0 Å². The lowest BCUT2D eigenvalue weighted by molar-refractivity contribution is -0.117. The molecule has 0 unspecified atom stereocenters. The van der Waals surface area contributed by atoms with Crippen molar-refractivity contribution in [3.8, 4) is 0 Å². The number of anilines is 1. The maximum atomic E-state index is 12.0. The van der Waals surface area contributed by atoms with E-state index in [1.807, 2.05) is 56.1 Å². The fourth-order valence-electron chi connectivity index (χ4n) is 2.22. The predicted octanol–water partition coefficient (Wildman–Crippen LogP) is 2.11. The Kier molecular flexibility index (Phi) is 6.31. The number of aromatic nitrogens is 2. The minimum Gasteiger partial charge on any atom is -0.375 e. The molecular formula is C17H24N4O2. The summed E-state index contributed by atoms with van der Waals surface area (Å²) in [6.07, 6.45) is 0. The Balaban J connectivity index is 1.66. The standard InChI is InChI=1S/C17H24N4O2/c1-13-17(14(2)20-19-13)18-16(22)11-21(3)9-10-23-12-15-7-5-4-6-8-15/h4-8H,9-12H2,1-3H3,(H,18,22)(H,19,20). The SMILES string of the molecule is Cc1n[nH]c(C)c1NC(=O)CN(C)CCOCc1ccccc1. The van der Waals surface area contributed by atoms with Crippen LogP contribution in [-0.4, -0.2) is 47.7 Å². The first-order valence-corrected chi connectivity index (χ1v) is 7.68. The largest absolute Gasteiger partial charge is 0.375 e. The van der Waals surface area contributed by atoms with Crippen LogP contribution in [0, 0.1) is 13.8 Å². The smallest absolute Gasteiger partial charge is 0.238 e. The minimum atomic E-state index is -0.0526. The molecule has 23 heavy (non-hydrogen) atoms. The summed E-state index contributed by atoms with van der Waals surface area (Å²) < 4.78 is 5.63. The Morgan fingerprint density at radius 2 is 2.04 bits per heavy atom. The molecule has 0 aliphatic carbocycles. The van der Waals surface area contributed by atoms with Crippen LogP contribution in [0.4, 0.5) is 5.69 Å². The number of carbonyl (C=O) groups is 1. The monoisotopic (exact) mass is 316 g/mol. The summed E-state index contributed by atoms with van der Waals surface area (Å²) in [6, 6.07) is 10.0. The van der Waals surface area contributed by atoms with E-state index in [1.165, 1.54) is 0 Å². The van der Waals surface area contributed by atoms with Crippen molar-refractivity contribution in [3.63, 3.8) is 0 Å². The molecule has 0 saturated heterocycles. The highest BCUT2D eigenvalue weighted by molar-refractivity contribution is 5.93. The van der Waals surface area contributed by atoms with Crippen molar-refractivity contribution in [2.75, 3.05) is 32.1 Å². The van der Waals surface area contributed by atoms with Gasteiger partial charge in [-0.25, -0.2) is 0 Å². The summed E-state index contributed by atoms with van der Waals surface area (Å²) in [6.45, 7) is 5.94. The van der Waals surface area contributed by atoms with Crippen molar-refractivity contribution in [1.29, 1.82) is 0 Å². The number of amides is 1. The van der Waals surface area contributed by atoms with Crippen LogP contribution in [-0.2, 0) is 16.1 Å². The van der Waals surface area contributed by atoms with Crippen molar-refractivity contribution in [1.82, 2.24) is 15.1 Å². The van der Waals surface area contributed by atoms with Gasteiger partial charge in [-0.1, -0.05) is 30.3 Å². The lowest BCUT2D eigenvalue weighted by Gasteiger charge is -2.16. The molecule has 2 rings (SSSR count). The number of hydrogen-bond donors (Lipinski definition) is 2. The molecule has 0 aliphatic rings. The molecule has 1 amide bonds. The maximum Gasteiger partial charge on any atom is 0.238 e. The second-order valence-corrected chi connectivity index (χ2v) is 5.63. The lowest BCUT2D eigenvalue weighted by Crippen LogP contribution is -2.32. The number of H-pyrrole nitrogens is 1. The summed E-state index contributed by atoms with van der Waals surface area (Å²) in [5, 5.41) is 9.81. The third-order valence-corrected chi connectivity index (χ3v) is 3.53. The van der Waals surface area contributed by atoms with E-state index in [0.717, 1.165) is 22.6 Å². The normalized spacial score (nSPS) is 11.0. The van der Waals surface area contributed by atoms with Crippen molar-refractivity contribution in [2.45, 2.75) is 20.5 Å². The third kappa shape index (κ3) is 5.50. The Morgan fingerprint density at radius 1 is 1.30 bits per heavy atom. The number of hydrogen-bond acceptors (Lipinski definition) is 4. The van der Waals surface area contributed by atoms with Crippen LogP contribution in [0.15, 0.2) is 30.3 Å². The zero-order valence-electron chi connectivity index (χ0n) is 13.9. The number of likely N-dealkylation sites (N-methyl/N-ethyl adjacent to an activating group) is 1. The van der Waals surface area contributed by atoms with Gasteiger partial charge in [0.15, 0.2) is 0 Å². The number of nitrogens with zero attached hydrogens (tertiary/aromatic N) is 2. The number of nitrogens with one attached hydrogen (secondary N) is 2. The van der Waals surface area contributed by atoms with Crippen LogP contribution >= 0.6 is 0 Å². The molecule has 0 atom stereocenters. The molecule has 124 valence electrons. The first-order chi connectivity index (χ1) is 11.1. The van der Waals surface area contributed by atoms with Crippen LogP contribution < -0.4 is 5.32 Å². The van der Waals surface area contributed by atoms with Crippen molar-refractivity contribution in [2.24, 2.45) is 0 Å². The van der Waals surface area contributed by atoms with Crippen molar-refractivity contribution in [3.05, 3.63) is 47.3 Å². The van der Waals surface area contributed by atoms with Gasteiger partial charge in [0.2, 0.25) is 5.91 Å². The highest BCUT2D eigenvalue weighted by Crippen LogP contribution is 2.15. The van der Waals surface area contributed by atoms with E-state index in [1.54, 1.807) is 0 Å². The van der Waals surface area contributed by atoms with Crippen molar-refractivity contribution >= 4 is 11.6 Å². The van der Waals surface area contributed by atoms with Gasteiger partial charge in [0, 0.05) is 6.54 Å². The molecule has 6 nitrogen and oxygen atoms in total. The number of aromatic amines is 1. The molecule has 0 radical (unpaired) electrons. The van der Waals surface area contributed by atoms with Gasteiger partial charge < -0.3 is 10.1 Å². The first kappa shape index (κ1) is 17.2. The number of aryl methyl sites for hydroxylation is 2. The van der Waals surface area contributed by atoms with E-state index in [9.17, 15) is 4.79 Å². The van der Waals surface area contributed by atoms with E-state index in [2.05, 4.69) is 15.5 Å². The highest BCUT2D eigenvalue weighted by Gasteiger charge is 2.11. The van der Waals surface area contributed by atoms with Crippen LogP contribution in [0.25, 0.3) is 0 Å². The molecule has 2 aromatic rings. The summed E-state index contributed by atoms with van der Waals surface area (Å²) >= 11 is 0. The van der Waals surface area contributed by atoms with Crippen LogP contribution in [0.2, 0.25) is 0 Å². The molecule has 1 aromatic heterocycles.